The molecule has 0 saturated heterocycles. The Hall–Kier alpha value is -2.28. The second-order valence-corrected chi connectivity index (χ2v) is 4.97. The molecule has 0 amide bonds. The van der Waals surface area contributed by atoms with Crippen molar-refractivity contribution in [1.82, 2.24) is 0 Å². The predicted octanol–water partition coefficient (Wildman–Crippen LogP) is 5.20. The van der Waals surface area contributed by atoms with E-state index in [1.54, 1.807) is 0 Å². The summed E-state index contributed by atoms with van der Waals surface area (Å²) in [6.07, 6.45) is 0. The van der Waals surface area contributed by atoms with Crippen LogP contribution in [0.15, 0.2) is 60.7 Å². The van der Waals surface area contributed by atoms with Crippen molar-refractivity contribution in [3.8, 4) is 0 Å². The lowest BCUT2D eigenvalue weighted by molar-refractivity contribution is 1.44. The molecule has 0 aliphatic heterocycles. The van der Waals surface area contributed by atoms with Crippen molar-refractivity contribution in [2.75, 3.05) is 5.32 Å². The summed E-state index contributed by atoms with van der Waals surface area (Å²) in [6.45, 7) is 4.28. The average molecular weight is 247 g/mol. The van der Waals surface area contributed by atoms with Crippen molar-refractivity contribution < 1.29 is 0 Å². The molecule has 3 rings (SSSR count). The number of hydrogen-bond donors (Lipinski definition) is 1. The number of nitrogens with one attached hydrogen (secondary N) is 1. The monoisotopic (exact) mass is 247 g/mol. The lowest BCUT2D eigenvalue weighted by Gasteiger charge is -2.13. The summed E-state index contributed by atoms with van der Waals surface area (Å²) < 4.78 is 0. The van der Waals surface area contributed by atoms with Crippen LogP contribution in [0.25, 0.3) is 10.8 Å². The number of fused-ring (bicyclic) bond motifs is 1. The highest BCUT2D eigenvalue weighted by atomic mass is 14.9. The average Bonchev–Trinajstić information content (AvgIpc) is 2.43. The third-order valence-corrected chi connectivity index (χ3v) is 3.43. The lowest BCUT2D eigenvalue weighted by Crippen LogP contribution is -1.94. The zero-order valence-electron chi connectivity index (χ0n) is 11.3. The molecule has 1 N–H and O–H groups in total. The predicted molar refractivity (Wildman–Crippen MR) is 83.1 cm³/mol. The van der Waals surface area contributed by atoms with Crippen LogP contribution in [0.2, 0.25) is 0 Å². The van der Waals surface area contributed by atoms with E-state index in [0.29, 0.717) is 0 Å². The lowest BCUT2D eigenvalue weighted by atomic mass is 10.0. The van der Waals surface area contributed by atoms with Crippen molar-refractivity contribution in [1.29, 1.82) is 0 Å². The van der Waals surface area contributed by atoms with Gasteiger partial charge in [0.2, 0.25) is 0 Å². The van der Waals surface area contributed by atoms with E-state index in [1.165, 1.54) is 27.6 Å². The van der Waals surface area contributed by atoms with Crippen LogP contribution in [-0.4, -0.2) is 0 Å². The van der Waals surface area contributed by atoms with Gasteiger partial charge in [-0.25, -0.2) is 0 Å². The molecule has 0 aliphatic carbocycles. The molecule has 0 bridgehead atoms. The van der Waals surface area contributed by atoms with E-state index in [2.05, 4.69) is 61.6 Å². The first-order valence-corrected chi connectivity index (χ1v) is 6.56. The van der Waals surface area contributed by atoms with Gasteiger partial charge >= 0.3 is 0 Å². The summed E-state index contributed by atoms with van der Waals surface area (Å²) in [7, 11) is 0. The van der Waals surface area contributed by atoms with Crippen LogP contribution in [0.4, 0.5) is 11.4 Å². The van der Waals surface area contributed by atoms with E-state index in [9.17, 15) is 0 Å². The molecular weight excluding hydrogens is 230 g/mol. The van der Waals surface area contributed by atoms with Gasteiger partial charge < -0.3 is 5.32 Å². The summed E-state index contributed by atoms with van der Waals surface area (Å²) in [5, 5.41) is 6.10. The van der Waals surface area contributed by atoms with Gasteiger partial charge in [-0.15, -0.1) is 0 Å². The standard InChI is InChI=1S/C18H17N/c1-13-8-10-15-11-9-14(2)18(17(15)12-13)19-16-6-4-3-5-7-16/h3-12,19H,1-2H3. The Labute approximate surface area is 113 Å². The Balaban J connectivity index is 2.16. The Bertz CT molecular complexity index is 709. The first kappa shape index (κ1) is 11.8. The fraction of sp³-hybridized carbons (Fsp3) is 0.111. The highest BCUT2D eigenvalue weighted by Crippen LogP contribution is 2.30. The molecule has 0 unspecified atom stereocenters. The molecule has 0 saturated carbocycles. The summed E-state index contributed by atoms with van der Waals surface area (Å²) >= 11 is 0. The van der Waals surface area contributed by atoms with E-state index in [-0.39, 0.29) is 0 Å². The van der Waals surface area contributed by atoms with E-state index in [0.717, 1.165) is 5.69 Å². The van der Waals surface area contributed by atoms with Gasteiger partial charge in [-0.05, 0) is 43.0 Å². The molecule has 0 aromatic heterocycles. The van der Waals surface area contributed by atoms with E-state index in [4.69, 9.17) is 0 Å². The largest absolute Gasteiger partial charge is 0.355 e. The zero-order valence-corrected chi connectivity index (χ0v) is 11.3. The van der Waals surface area contributed by atoms with E-state index in [1.807, 2.05) is 18.2 Å². The van der Waals surface area contributed by atoms with Gasteiger partial charge in [-0.3, -0.25) is 0 Å². The Morgan fingerprint density at radius 1 is 0.789 bits per heavy atom. The van der Waals surface area contributed by atoms with Gasteiger partial charge in [0.15, 0.2) is 0 Å². The number of benzene rings is 3. The van der Waals surface area contributed by atoms with Gasteiger partial charge in [0.05, 0.1) is 0 Å². The van der Waals surface area contributed by atoms with Crippen LogP contribution >= 0.6 is 0 Å². The maximum atomic E-state index is 3.54. The van der Waals surface area contributed by atoms with E-state index >= 15 is 0 Å². The molecule has 0 atom stereocenters. The minimum atomic E-state index is 1.12. The smallest absolute Gasteiger partial charge is 0.0493 e. The quantitative estimate of drug-likeness (QED) is 0.656. The van der Waals surface area contributed by atoms with Gasteiger partial charge in [0.1, 0.15) is 0 Å². The van der Waals surface area contributed by atoms with E-state index < -0.39 is 0 Å². The number of aryl methyl sites for hydroxylation is 2. The number of anilines is 2. The fourth-order valence-electron chi connectivity index (χ4n) is 2.37. The molecule has 19 heavy (non-hydrogen) atoms. The second kappa shape index (κ2) is 4.77. The van der Waals surface area contributed by atoms with Crippen molar-refractivity contribution in [3.63, 3.8) is 0 Å². The highest BCUT2D eigenvalue weighted by Gasteiger charge is 2.05. The van der Waals surface area contributed by atoms with Crippen molar-refractivity contribution in [2.45, 2.75) is 13.8 Å². The Morgan fingerprint density at radius 3 is 2.32 bits per heavy atom. The number of hydrogen-bond acceptors (Lipinski definition) is 1. The van der Waals surface area contributed by atoms with Crippen LogP contribution in [0, 0.1) is 13.8 Å². The van der Waals surface area contributed by atoms with Crippen LogP contribution in [0.1, 0.15) is 11.1 Å². The van der Waals surface area contributed by atoms with Crippen molar-refractivity contribution >= 4 is 22.1 Å². The highest BCUT2D eigenvalue weighted by molar-refractivity contribution is 5.97. The number of para-hydroxylation sites is 1. The van der Waals surface area contributed by atoms with Crippen LogP contribution in [0.3, 0.4) is 0 Å². The molecule has 94 valence electrons. The van der Waals surface area contributed by atoms with Gasteiger partial charge in [0, 0.05) is 16.8 Å². The normalized spacial score (nSPS) is 10.6. The first-order chi connectivity index (χ1) is 9.24. The maximum Gasteiger partial charge on any atom is 0.0493 e. The van der Waals surface area contributed by atoms with Gasteiger partial charge in [-0.2, -0.15) is 0 Å². The molecule has 1 nitrogen and oxygen atoms in total. The fourth-order valence-corrected chi connectivity index (χ4v) is 2.37. The minimum Gasteiger partial charge on any atom is -0.355 e. The van der Waals surface area contributed by atoms with Crippen LogP contribution in [-0.2, 0) is 0 Å². The summed E-state index contributed by atoms with van der Waals surface area (Å²) in [5.41, 5.74) is 4.88. The van der Waals surface area contributed by atoms with Crippen LogP contribution < -0.4 is 5.32 Å². The van der Waals surface area contributed by atoms with Crippen molar-refractivity contribution in [2.24, 2.45) is 0 Å². The molecular formula is C18H17N. The summed E-state index contributed by atoms with van der Waals surface area (Å²) in [4.78, 5) is 0. The number of rotatable bonds is 2. The molecule has 0 radical (unpaired) electrons. The molecule has 0 heterocycles. The molecule has 3 aromatic carbocycles. The summed E-state index contributed by atoms with van der Waals surface area (Å²) in [5.74, 6) is 0. The zero-order chi connectivity index (χ0) is 13.2. The Morgan fingerprint density at radius 2 is 1.53 bits per heavy atom. The first-order valence-electron chi connectivity index (χ1n) is 6.56. The molecule has 0 fully saturated rings. The second-order valence-electron chi connectivity index (χ2n) is 4.97. The SMILES string of the molecule is Cc1ccc2ccc(C)c(Nc3ccccc3)c2c1. The third-order valence-electron chi connectivity index (χ3n) is 3.43. The van der Waals surface area contributed by atoms with Gasteiger partial charge in [-0.1, -0.05) is 48.0 Å². The molecule has 0 aliphatic rings. The van der Waals surface area contributed by atoms with Gasteiger partial charge in [0.25, 0.3) is 0 Å². The molecule has 1 heteroatoms. The third kappa shape index (κ3) is 2.32. The minimum absolute atomic E-state index is 1.12. The van der Waals surface area contributed by atoms with Crippen molar-refractivity contribution in [3.05, 3.63) is 71.8 Å². The molecule has 0 spiro atoms. The molecule has 3 aromatic rings. The maximum absolute atomic E-state index is 3.54. The van der Waals surface area contributed by atoms with Crippen LogP contribution in [0.5, 0.6) is 0 Å². The topological polar surface area (TPSA) is 12.0 Å². The summed E-state index contributed by atoms with van der Waals surface area (Å²) in [6, 6.07) is 21.2. The Kier molecular flexibility index (Phi) is 2.96.